The summed E-state index contributed by atoms with van der Waals surface area (Å²) in [6.45, 7) is 1.80. The minimum absolute atomic E-state index is 0.145. The molecular weight excluding hydrogens is 281 g/mol. The van der Waals surface area contributed by atoms with E-state index in [0.717, 1.165) is 44.8 Å². The van der Waals surface area contributed by atoms with E-state index in [2.05, 4.69) is 5.32 Å². The Morgan fingerprint density at radius 2 is 1.71 bits per heavy atom. The second-order valence-electron chi connectivity index (χ2n) is 5.28. The predicted octanol–water partition coefficient (Wildman–Crippen LogP) is 3.52. The van der Waals surface area contributed by atoms with Gasteiger partial charge < -0.3 is 5.32 Å². The molecule has 1 amide bonds. The zero-order valence-electron chi connectivity index (χ0n) is 11.7. The van der Waals surface area contributed by atoms with Crippen molar-refractivity contribution >= 4 is 11.6 Å². The summed E-state index contributed by atoms with van der Waals surface area (Å²) in [5, 5.41) is 2.38. The minimum atomic E-state index is -4.47. The second kappa shape index (κ2) is 6.93. The van der Waals surface area contributed by atoms with Crippen molar-refractivity contribution in [2.24, 2.45) is 0 Å². The van der Waals surface area contributed by atoms with Crippen LogP contribution in [0.2, 0.25) is 0 Å². The maximum atomic E-state index is 12.8. The first-order valence-electron chi connectivity index (χ1n) is 7.15. The number of nitrogens with zero attached hydrogens (tertiary/aromatic N) is 1. The lowest BCUT2D eigenvalue weighted by atomic mass is 10.1. The molecule has 0 saturated carbocycles. The van der Waals surface area contributed by atoms with Gasteiger partial charge in [-0.05, 0) is 38.1 Å². The van der Waals surface area contributed by atoms with Gasteiger partial charge in [0.25, 0.3) is 0 Å². The average Bonchev–Trinajstić information content (AvgIpc) is 2.66. The number of carbonyl (C=O) groups is 1. The SMILES string of the molecule is O=C(CN1CCCCCC1)Nc1ccccc1C(F)(F)F. The van der Waals surface area contributed by atoms with Crippen LogP contribution in [-0.2, 0) is 11.0 Å². The van der Waals surface area contributed by atoms with Crippen LogP contribution in [0.3, 0.4) is 0 Å². The number of hydrogen-bond acceptors (Lipinski definition) is 2. The summed E-state index contributed by atoms with van der Waals surface area (Å²) in [5.74, 6) is -0.395. The number of anilines is 1. The lowest BCUT2D eigenvalue weighted by molar-refractivity contribution is -0.137. The Kier molecular flexibility index (Phi) is 5.22. The number of hydrogen-bond donors (Lipinski definition) is 1. The lowest BCUT2D eigenvalue weighted by Gasteiger charge is -2.20. The van der Waals surface area contributed by atoms with E-state index in [9.17, 15) is 18.0 Å². The Hall–Kier alpha value is -1.56. The molecule has 1 heterocycles. The van der Waals surface area contributed by atoms with Gasteiger partial charge in [-0.15, -0.1) is 0 Å². The number of carbonyl (C=O) groups excluding carboxylic acids is 1. The quantitative estimate of drug-likeness (QED) is 0.926. The third-order valence-electron chi connectivity index (χ3n) is 3.57. The fraction of sp³-hybridized carbons (Fsp3) is 0.533. The topological polar surface area (TPSA) is 32.3 Å². The zero-order chi connectivity index (χ0) is 15.3. The van der Waals surface area contributed by atoms with Gasteiger partial charge in [-0.1, -0.05) is 25.0 Å². The van der Waals surface area contributed by atoms with Crippen LogP contribution in [0.4, 0.5) is 18.9 Å². The Morgan fingerprint density at radius 3 is 2.33 bits per heavy atom. The summed E-state index contributed by atoms with van der Waals surface area (Å²) in [5.41, 5.74) is -0.987. The molecule has 1 aliphatic heterocycles. The molecule has 0 aromatic heterocycles. The maximum absolute atomic E-state index is 12.8. The molecule has 1 saturated heterocycles. The number of benzene rings is 1. The van der Waals surface area contributed by atoms with E-state index in [1.165, 1.54) is 18.2 Å². The molecule has 0 atom stereocenters. The molecular formula is C15H19F3N2O. The molecule has 1 aromatic rings. The van der Waals surface area contributed by atoms with E-state index in [1.807, 2.05) is 4.90 Å². The van der Waals surface area contributed by atoms with Crippen molar-refractivity contribution in [3.63, 3.8) is 0 Å². The zero-order valence-corrected chi connectivity index (χ0v) is 11.7. The summed E-state index contributed by atoms with van der Waals surface area (Å²) in [6, 6.07) is 5.05. The van der Waals surface area contributed by atoms with E-state index in [-0.39, 0.29) is 12.2 Å². The van der Waals surface area contributed by atoms with Gasteiger partial charge in [-0.2, -0.15) is 13.2 Å². The number of halogens is 3. The summed E-state index contributed by atoms with van der Waals surface area (Å²) < 4.78 is 38.5. The first kappa shape index (κ1) is 15.8. The van der Waals surface area contributed by atoms with Crippen LogP contribution in [0.1, 0.15) is 31.2 Å². The monoisotopic (exact) mass is 300 g/mol. The molecule has 2 rings (SSSR count). The molecule has 0 spiro atoms. The van der Waals surface area contributed by atoms with Crippen LogP contribution >= 0.6 is 0 Å². The smallest absolute Gasteiger partial charge is 0.324 e. The van der Waals surface area contributed by atoms with Gasteiger partial charge in [0.2, 0.25) is 5.91 Å². The summed E-state index contributed by atoms with van der Waals surface area (Å²) in [4.78, 5) is 14.0. The van der Waals surface area contributed by atoms with Gasteiger partial charge in [0, 0.05) is 0 Å². The lowest BCUT2D eigenvalue weighted by Crippen LogP contribution is -2.34. The van der Waals surface area contributed by atoms with Crippen LogP contribution in [0, 0.1) is 0 Å². The van der Waals surface area contributed by atoms with Crippen molar-refractivity contribution < 1.29 is 18.0 Å². The molecule has 116 valence electrons. The Balaban J connectivity index is 1.99. The predicted molar refractivity (Wildman–Crippen MR) is 75.0 cm³/mol. The molecule has 1 fully saturated rings. The summed E-state index contributed by atoms with van der Waals surface area (Å²) in [7, 11) is 0. The third kappa shape index (κ3) is 4.74. The average molecular weight is 300 g/mol. The first-order chi connectivity index (χ1) is 9.97. The van der Waals surface area contributed by atoms with Crippen molar-refractivity contribution in [1.29, 1.82) is 0 Å². The molecule has 0 bridgehead atoms. The molecule has 21 heavy (non-hydrogen) atoms. The van der Waals surface area contributed by atoms with Gasteiger partial charge in [0.15, 0.2) is 0 Å². The van der Waals surface area contributed by atoms with Crippen molar-refractivity contribution in [3.05, 3.63) is 29.8 Å². The standard InChI is InChI=1S/C15H19F3N2O/c16-15(17,18)12-7-3-4-8-13(12)19-14(21)11-20-9-5-1-2-6-10-20/h3-4,7-8H,1-2,5-6,9-11H2,(H,19,21). The molecule has 0 unspecified atom stereocenters. The molecule has 0 aliphatic carbocycles. The Bertz CT molecular complexity index is 480. The fourth-order valence-electron chi connectivity index (χ4n) is 2.53. The van der Waals surface area contributed by atoms with Crippen molar-refractivity contribution in [1.82, 2.24) is 4.90 Å². The molecule has 3 nitrogen and oxygen atoms in total. The fourth-order valence-corrected chi connectivity index (χ4v) is 2.53. The number of nitrogens with one attached hydrogen (secondary N) is 1. The van der Waals surface area contributed by atoms with E-state index in [0.29, 0.717) is 0 Å². The van der Waals surface area contributed by atoms with Crippen molar-refractivity contribution in [2.75, 3.05) is 25.0 Å². The second-order valence-corrected chi connectivity index (χ2v) is 5.28. The third-order valence-corrected chi connectivity index (χ3v) is 3.57. The number of amides is 1. The largest absolute Gasteiger partial charge is 0.418 e. The van der Waals surface area contributed by atoms with Gasteiger partial charge in [0.05, 0.1) is 17.8 Å². The molecule has 1 aromatic carbocycles. The van der Waals surface area contributed by atoms with Gasteiger partial charge in [-0.25, -0.2) is 0 Å². The van der Waals surface area contributed by atoms with Crippen molar-refractivity contribution in [2.45, 2.75) is 31.9 Å². The van der Waals surface area contributed by atoms with E-state index < -0.39 is 17.6 Å². The van der Waals surface area contributed by atoms with Gasteiger partial charge in [0.1, 0.15) is 0 Å². The summed E-state index contributed by atoms with van der Waals surface area (Å²) >= 11 is 0. The molecule has 1 aliphatic rings. The normalized spacial score (nSPS) is 17.3. The molecule has 1 N–H and O–H groups in total. The highest BCUT2D eigenvalue weighted by atomic mass is 19.4. The van der Waals surface area contributed by atoms with E-state index in [4.69, 9.17) is 0 Å². The Labute approximate surface area is 122 Å². The van der Waals surface area contributed by atoms with Gasteiger partial charge >= 0.3 is 6.18 Å². The molecule has 0 radical (unpaired) electrons. The number of para-hydroxylation sites is 1. The van der Waals surface area contributed by atoms with E-state index in [1.54, 1.807) is 0 Å². The number of rotatable bonds is 3. The van der Waals surface area contributed by atoms with Crippen LogP contribution in [-0.4, -0.2) is 30.4 Å². The van der Waals surface area contributed by atoms with Crippen LogP contribution in [0.5, 0.6) is 0 Å². The maximum Gasteiger partial charge on any atom is 0.418 e. The number of likely N-dealkylation sites (tertiary alicyclic amines) is 1. The Morgan fingerprint density at radius 1 is 1.10 bits per heavy atom. The van der Waals surface area contributed by atoms with Crippen LogP contribution in [0.25, 0.3) is 0 Å². The van der Waals surface area contributed by atoms with Crippen molar-refractivity contribution in [3.8, 4) is 0 Å². The van der Waals surface area contributed by atoms with E-state index >= 15 is 0 Å². The molecule has 6 heteroatoms. The van der Waals surface area contributed by atoms with Crippen LogP contribution in [0.15, 0.2) is 24.3 Å². The summed E-state index contributed by atoms with van der Waals surface area (Å²) in [6.07, 6.45) is -0.102. The minimum Gasteiger partial charge on any atom is -0.324 e. The highest BCUT2D eigenvalue weighted by Crippen LogP contribution is 2.34. The number of alkyl halides is 3. The highest BCUT2D eigenvalue weighted by molar-refractivity contribution is 5.93. The van der Waals surface area contributed by atoms with Gasteiger partial charge in [-0.3, -0.25) is 9.69 Å². The first-order valence-corrected chi connectivity index (χ1v) is 7.15. The van der Waals surface area contributed by atoms with Crippen LogP contribution < -0.4 is 5.32 Å². The highest BCUT2D eigenvalue weighted by Gasteiger charge is 2.33.